The van der Waals surface area contributed by atoms with E-state index < -0.39 is 18.3 Å². The minimum atomic E-state index is -4.37. The van der Waals surface area contributed by atoms with E-state index in [1.165, 1.54) is 18.4 Å². The van der Waals surface area contributed by atoms with Crippen molar-refractivity contribution in [3.63, 3.8) is 0 Å². The average Bonchev–Trinajstić information content (AvgIpc) is 3.05. The summed E-state index contributed by atoms with van der Waals surface area (Å²) in [4.78, 5) is 12.0. The number of phenols is 1. The first-order chi connectivity index (χ1) is 12.7. The van der Waals surface area contributed by atoms with Crippen molar-refractivity contribution in [1.29, 1.82) is 0 Å². The minimum Gasteiger partial charge on any atom is -0.508 e. The number of alkyl halides is 3. The second-order valence-corrected chi connectivity index (χ2v) is 6.40. The van der Waals surface area contributed by atoms with Crippen LogP contribution < -0.4 is 10.5 Å². The van der Waals surface area contributed by atoms with Gasteiger partial charge in [-0.25, -0.2) is 4.79 Å². The van der Waals surface area contributed by atoms with Gasteiger partial charge in [0.25, 0.3) is 0 Å². The molecule has 0 spiro atoms. The van der Waals surface area contributed by atoms with Gasteiger partial charge >= 0.3 is 11.8 Å². The van der Waals surface area contributed by atoms with Gasteiger partial charge in [0, 0.05) is 23.1 Å². The van der Waals surface area contributed by atoms with Crippen LogP contribution in [0, 0.1) is 0 Å². The molecule has 3 rings (SSSR count). The molecule has 8 heteroatoms. The Labute approximate surface area is 152 Å². The number of halogens is 3. The van der Waals surface area contributed by atoms with Crippen LogP contribution in [0.2, 0.25) is 0 Å². The molecule has 1 aromatic carbocycles. The maximum absolute atomic E-state index is 13.0. The van der Waals surface area contributed by atoms with Gasteiger partial charge in [0.2, 0.25) is 0 Å². The fourth-order valence-electron chi connectivity index (χ4n) is 3.14. The Kier molecular flexibility index (Phi) is 5.27. The predicted molar refractivity (Wildman–Crippen MR) is 91.5 cm³/mol. The largest absolute Gasteiger partial charge is 0.508 e. The topological polar surface area (TPSA) is 68.0 Å². The van der Waals surface area contributed by atoms with Crippen molar-refractivity contribution in [2.24, 2.45) is 0 Å². The summed E-state index contributed by atoms with van der Waals surface area (Å²) in [5.74, 6) is 0.411. The van der Waals surface area contributed by atoms with E-state index >= 15 is 0 Å². The van der Waals surface area contributed by atoms with Gasteiger partial charge in [-0.15, -0.1) is 0 Å². The van der Waals surface area contributed by atoms with E-state index in [0.717, 1.165) is 0 Å². The highest BCUT2D eigenvalue weighted by molar-refractivity contribution is 5.82. The Morgan fingerprint density at radius 1 is 1.15 bits per heavy atom. The van der Waals surface area contributed by atoms with E-state index in [0.29, 0.717) is 28.7 Å². The quantitative estimate of drug-likeness (QED) is 0.644. The Bertz CT molecular complexity index is 977. The Hall–Kier alpha value is -2.74. The van der Waals surface area contributed by atoms with Crippen LogP contribution in [0.4, 0.5) is 13.2 Å². The monoisotopic (exact) mass is 382 g/mol. The number of benzene rings is 1. The fourth-order valence-corrected chi connectivity index (χ4v) is 3.14. The van der Waals surface area contributed by atoms with Gasteiger partial charge in [-0.3, -0.25) is 0 Å². The van der Waals surface area contributed by atoms with Crippen molar-refractivity contribution in [3.05, 3.63) is 63.9 Å². The lowest BCUT2D eigenvalue weighted by atomic mass is 10.0. The smallest absolute Gasteiger partial charge is 0.438 e. The van der Waals surface area contributed by atoms with E-state index in [2.05, 4.69) is 0 Å². The van der Waals surface area contributed by atoms with Gasteiger partial charge in [-0.1, -0.05) is 6.92 Å². The zero-order chi connectivity index (χ0) is 19.6. The van der Waals surface area contributed by atoms with E-state index in [9.17, 15) is 23.1 Å². The first-order valence-corrected chi connectivity index (χ1v) is 8.46. The van der Waals surface area contributed by atoms with E-state index in [1.807, 2.05) is 6.92 Å². The lowest BCUT2D eigenvalue weighted by molar-refractivity contribution is -0.938. The van der Waals surface area contributed by atoms with E-state index in [-0.39, 0.29) is 29.3 Å². The summed E-state index contributed by atoms with van der Waals surface area (Å²) in [7, 11) is 0. The first-order valence-electron chi connectivity index (χ1n) is 8.46. The van der Waals surface area contributed by atoms with Gasteiger partial charge in [0.05, 0.1) is 6.26 Å². The number of phenolic OH excluding ortho intramolecular Hbond substituents is 1. The molecule has 144 valence electrons. The Morgan fingerprint density at radius 3 is 2.56 bits per heavy atom. The van der Waals surface area contributed by atoms with Crippen LogP contribution in [0.3, 0.4) is 0 Å². The molecule has 0 saturated carbocycles. The van der Waals surface area contributed by atoms with Crippen LogP contribution in [-0.4, -0.2) is 17.8 Å². The van der Waals surface area contributed by atoms with Crippen LogP contribution in [0.1, 0.15) is 23.8 Å². The van der Waals surface area contributed by atoms with Gasteiger partial charge < -0.3 is 18.8 Å². The minimum absolute atomic E-state index is 0.0135. The molecule has 1 atom stereocenters. The molecule has 0 aliphatic rings. The highest BCUT2D eigenvalue weighted by Crippen LogP contribution is 2.26. The second kappa shape index (κ2) is 7.48. The summed E-state index contributed by atoms with van der Waals surface area (Å²) >= 11 is 0. The molecule has 2 heterocycles. The lowest BCUT2D eigenvalue weighted by Crippen LogP contribution is -3.10. The van der Waals surface area contributed by atoms with Crippen molar-refractivity contribution in [1.82, 2.24) is 0 Å². The first kappa shape index (κ1) is 19.0. The predicted octanol–water partition coefficient (Wildman–Crippen LogP) is 2.80. The van der Waals surface area contributed by atoms with Gasteiger partial charge in [-0.05, 0) is 30.2 Å². The summed E-state index contributed by atoms with van der Waals surface area (Å²) in [6.45, 7) is 0.745. The van der Waals surface area contributed by atoms with Crippen LogP contribution in [0.25, 0.3) is 11.0 Å². The fraction of sp³-hybridized carbons (Fsp3) is 0.316. The number of quaternary nitrogens is 1. The third-order valence-electron chi connectivity index (χ3n) is 4.31. The highest BCUT2D eigenvalue weighted by atomic mass is 19.4. The van der Waals surface area contributed by atoms with Crippen molar-refractivity contribution < 1.29 is 32.0 Å². The van der Waals surface area contributed by atoms with Crippen molar-refractivity contribution in [2.45, 2.75) is 32.6 Å². The van der Waals surface area contributed by atoms with E-state index in [4.69, 9.17) is 8.83 Å². The Morgan fingerprint density at radius 2 is 1.93 bits per heavy atom. The summed E-state index contributed by atoms with van der Waals surface area (Å²) < 4.78 is 49.4. The summed E-state index contributed by atoms with van der Waals surface area (Å²) in [5.41, 5.74) is 0.532. The van der Waals surface area contributed by atoms with Crippen molar-refractivity contribution >= 4 is 11.0 Å². The number of fused-ring (bicyclic) bond motifs is 1. The average molecular weight is 382 g/mol. The molecule has 0 saturated heterocycles. The molecule has 0 radical (unpaired) electrons. The molecule has 27 heavy (non-hydrogen) atoms. The number of hydrogen-bond donors (Lipinski definition) is 2. The van der Waals surface area contributed by atoms with Gasteiger partial charge in [0.15, 0.2) is 12.3 Å². The van der Waals surface area contributed by atoms with Crippen LogP contribution in [-0.2, 0) is 19.5 Å². The molecular weight excluding hydrogens is 363 g/mol. The highest BCUT2D eigenvalue weighted by Gasteiger charge is 2.34. The summed E-state index contributed by atoms with van der Waals surface area (Å²) in [6.07, 6.45) is -2.43. The van der Waals surface area contributed by atoms with Gasteiger partial charge in [-0.2, -0.15) is 13.2 Å². The molecule has 0 fully saturated rings. The number of aromatic hydroxyl groups is 1. The molecular formula is C19H19F3NO4+. The maximum Gasteiger partial charge on any atom is 0.438 e. The standard InChI is InChI=1S/C19H18F3NO4/c1-2-12-6-15-13(7-18(25)27-17(15)8-16(12)24)9-23(11-19(20,21)22)10-14-4-3-5-26-14/h3-8,24H,2,9-11H2,1H3/p+1. The SMILES string of the molecule is CCc1cc2c(C[NH+](Cc3ccco3)CC(F)(F)F)cc(=O)oc2cc1O. The molecule has 0 amide bonds. The number of rotatable bonds is 6. The van der Waals surface area contributed by atoms with E-state index in [1.54, 1.807) is 18.2 Å². The van der Waals surface area contributed by atoms with Crippen molar-refractivity contribution in [3.8, 4) is 5.75 Å². The third kappa shape index (κ3) is 4.71. The van der Waals surface area contributed by atoms with Crippen LogP contribution in [0.5, 0.6) is 5.75 Å². The molecule has 3 aromatic rings. The van der Waals surface area contributed by atoms with Gasteiger partial charge in [0.1, 0.15) is 24.4 Å². The van der Waals surface area contributed by atoms with Crippen LogP contribution in [0.15, 0.2) is 50.2 Å². The molecule has 2 N–H and O–H groups in total. The lowest BCUT2D eigenvalue weighted by Gasteiger charge is -2.20. The summed E-state index contributed by atoms with van der Waals surface area (Å²) in [5, 5.41) is 10.5. The zero-order valence-electron chi connectivity index (χ0n) is 14.6. The second-order valence-electron chi connectivity index (χ2n) is 6.40. The maximum atomic E-state index is 13.0. The zero-order valence-corrected chi connectivity index (χ0v) is 14.6. The number of hydrogen-bond acceptors (Lipinski definition) is 4. The summed E-state index contributed by atoms with van der Waals surface area (Å²) in [6, 6.07) is 7.41. The normalized spacial score (nSPS) is 13.2. The molecule has 1 unspecified atom stereocenters. The van der Waals surface area contributed by atoms with Crippen molar-refractivity contribution in [2.75, 3.05) is 6.54 Å². The number of nitrogens with one attached hydrogen (secondary N) is 1. The molecule has 2 aromatic heterocycles. The Balaban J connectivity index is 2.01. The molecule has 0 aliphatic heterocycles. The molecule has 0 aliphatic carbocycles. The van der Waals surface area contributed by atoms with Crippen LogP contribution >= 0.6 is 0 Å². The number of aryl methyl sites for hydroxylation is 1. The molecule has 5 nitrogen and oxygen atoms in total. The molecule has 0 bridgehead atoms. The number of furan rings is 1. The third-order valence-corrected chi connectivity index (χ3v) is 4.31.